The van der Waals surface area contributed by atoms with Gasteiger partial charge in [0.25, 0.3) is 0 Å². The Bertz CT molecular complexity index is 1080. The zero-order valence-corrected chi connectivity index (χ0v) is 17.3. The van der Waals surface area contributed by atoms with Crippen molar-refractivity contribution in [1.29, 1.82) is 0 Å². The molecule has 0 N–H and O–H groups in total. The van der Waals surface area contributed by atoms with Crippen LogP contribution in [0, 0.1) is 0 Å². The molecule has 0 aliphatic rings. The maximum Gasteiger partial charge on any atom is 0.0542 e. The molecule has 3 aromatic carbocycles. The monoisotopic (exact) mass is 405 g/mol. The highest BCUT2D eigenvalue weighted by molar-refractivity contribution is 9.10. The summed E-state index contributed by atoms with van der Waals surface area (Å²) in [7, 11) is 0. The minimum absolute atomic E-state index is 0.468. The molecular formula is C24H24BrN. The predicted molar refractivity (Wildman–Crippen MR) is 117 cm³/mol. The van der Waals surface area contributed by atoms with Gasteiger partial charge in [-0.1, -0.05) is 80.0 Å². The van der Waals surface area contributed by atoms with E-state index in [1.54, 1.807) is 0 Å². The number of rotatable bonds is 3. The van der Waals surface area contributed by atoms with E-state index in [-0.39, 0.29) is 0 Å². The van der Waals surface area contributed by atoms with Gasteiger partial charge in [-0.15, -0.1) is 0 Å². The first-order chi connectivity index (χ1) is 12.5. The molecule has 2 heteroatoms. The Kier molecular flexibility index (Phi) is 4.40. The highest BCUT2D eigenvalue weighted by Gasteiger charge is 2.20. The Labute approximate surface area is 163 Å². The van der Waals surface area contributed by atoms with Crippen molar-refractivity contribution in [2.24, 2.45) is 0 Å². The number of nitrogens with zero attached hydrogens (tertiary/aromatic N) is 1. The first-order valence-electron chi connectivity index (χ1n) is 9.31. The van der Waals surface area contributed by atoms with Gasteiger partial charge < -0.3 is 4.57 Å². The van der Waals surface area contributed by atoms with Gasteiger partial charge in [-0.3, -0.25) is 0 Å². The second-order valence-corrected chi connectivity index (χ2v) is 8.52. The Hall–Kier alpha value is -2.06. The number of aromatic nitrogens is 1. The van der Waals surface area contributed by atoms with Gasteiger partial charge >= 0.3 is 0 Å². The SMILES string of the molecule is CC(C)c1cccc(C(C)C)c1-n1c2ccccc2c2cc(Br)ccc21. The second-order valence-electron chi connectivity index (χ2n) is 7.61. The van der Waals surface area contributed by atoms with Crippen LogP contribution in [0.4, 0.5) is 0 Å². The topological polar surface area (TPSA) is 4.93 Å². The number of benzene rings is 3. The Morgan fingerprint density at radius 2 is 1.31 bits per heavy atom. The molecule has 0 saturated carbocycles. The molecular weight excluding hydrogens is 382 g/mol. The molecule has 0 atom stereocenters. The van der Waals surface area contributed by atoms with Crippen LogP contribution in [-0.4, -0.2) is 4.57 Å². The Balaban J connectivity index is 2.22. The molecule has 0 spiro atoms. The summed E-state index contributed by atoms with van der Waals surface area (Å²) in [6, 6.07) is 22.1. The molecule has 0 aliphatic carbocycles. The van der Waals surface area contributed by atoms with E-state index in [1.807, 2.05) is 0 Å². The minimum atomic E-state index is 0.468. The molecule has 1 aromatic heterocycles. The van der Waals surface area contributed by atoms with Crippen molar-refractivity contribution >= 4 is 37.7 Å². The van der Waals surface area contributed by atoms with Gasteiger partial charge in [-0.05, 0) is 47.2 Å². The number of halogens is 1. The van der Waals surface area contributed by atoms with E-state index in [2.05, 4.69) is 109 Å². The first-order valence-corrected chi connectivity index (χ1v) is 10.1. The zero-order chi connectivity index (χ0) is 18.4. The van der Waals surface area contributed by atoms with E-state index < -0.39 is 0 Å². The smallest absolute Gasteiger partial charge is 0.0542 e. The van der Waals surface area contributed by atoms with E-state index in [0.717, 1.165) is 4.47 Å². The van der Waals surface area contributed by atoms with Gasteiger partial charge in [-0.2, -0.15) is 0 Å². The molecule has 0 radical (unpaired) electrons. The summed E-state index contributed by atoms with van der Waals surface area (Å²) < 4.78 is 3.59. The van der Waals surface area contributed by atoms with E-state index in [9.17, 15) is 0 Å². The molecule has 0 amide bonds. The first kappa shape index (κ1) is 17.4. The third kappa shape index (κ3) is 2.68. The summed E-state index contributed by atoms with van der Waals surface area (Å²) in [5.41, 5.74) is 6.70. The van der Waals surface area contributed by atoms with E-state index >= 15 is 0 Å². The molecule has 1 nitrogen and oxygen atoms in total. The molecule has 4 rings (SSSR count). The lowest BCUT2D eigenvalue weighted by atomic mass is 9.92. The molecule has 0 bridgehead atoms. The predicted octanol–water partition coefficient (Wildman–Crippen LogP) is 7.79. The quantitative estimate of drug-likeness (QED) is 0.327. The summed E-state index contributed by atoms with van der Waals surface area (Å²) in [5, 5.41) is 2.60. The van der Waals surface area contributed by atoms with Crippen LogP contribution >= 0.6 is 15.9 Å². The van der Waals surface area contributed by atoms with Crippen molar-refractivity contribution in [1.82, 2.24) is 4.57 Å². The lowest BCUT2D eigenvalue weighted by Gasteiger charge is -2.22. The molecule has 1 heterocycles. The van der Waals surface area contributed by atoms with E-state index in [0.29, 0.717) is 11.8 Å². The van der Waals surface area contributed by atoms with Crippen molar-refractivity contribution in [3.63, 3.8) is 0 Å². The number of para-hydroxylation sites is 2. The van der Waals surface area contributed by atoms with Gasteiger partial charge in [0.2, 0.25) is 0 Å². The lowest BCUT2D eigenvalue weighted by molar-refractivity contribution is 0.815. The fraction of sp³-hybridized carbons (Fsp3) is 0.250. The zero-order valence-electron chi connectivity index (χ0n) is 15.8. The van der Waals surface area contributed by atoms with Crippen molar-refractivity contribution in [3.8, 4) is 5.69 Å². The normalized spacial score (nSPS) is 12.0. The molecule has 0 saturated heterocycles. The van der Waals surface area contributed by atoms with Crippen molar-refractivity contribution < 1.29 is 0 Å². The molecule has 0 unspecified atom stereocenters. The fourth-order valence-corrected chi connectivity index (χ4v) is 4.32. The second kappa shape index (κ2) is 6.59. The molecule has 0 fully saturated rings. The van der Waals surface area contributed by atoms with E-state index in [1.165, 1.54) is 38.6 Å². The van der Waals surface area contributed by atoms with Crippen LogP contribution < -0.4 is 0 Å². The molecule has 26 heavy (non-hydrogen) atoms. The van der Waals surface area contributed by atoms with E-state index in [4.69, 9.17) is 0 Å². The maximum atomic E-state index is 3.65. The molecule has 132 valence electrons. The fourth-order valence-electron chi connectivity index (χ4n) is 3.96. The molecule has 4 aromatic rings. The lowest BCUT2D eigenvalue weighted by Crippen LogP contribution is -2.06. The van der Waals surface area contributed by atoms with Crippen molar-refractivity contribution in [3.05, 3.63) is 76.3 Å². The van der Waals surface area contributed by atoms with Crippen molar-refractivity contribution in [2.75, 3.05) is 0 Å². The standard InChI is InChI=1S/C24H24BrN/c1-15(2)18-9-7-10-19(16(3)4)24(18)26-22-11-6-5-8-20(22)21-14-17(25)12-13-23(21)26/h5-16H,1-4H3. The van der Waals surface area contributed by atoms with Gasteiger partial charge in [0, 0.05) is 15.2 Å². The maximum absolute atomic E-state index is 3.65. The summed E-state index contributed by atoms with van der Waals surface area (Å²) in [5.74, 6) is 0.936. The van der Waals surface area contributed by atoms with Gasteiger partial charge in [0.05, 0.1) is 16.7 Å². The van der Waals surface area contributed by atoms with Crippen LogP contribution in [0.5, 0.6) is 0 Å². The summed E-state index contributed by atoms with van der Waals surface area (Å²) in [4.78, 5) is 0. The number of hydrogen-bond donors (Lipinski definition) is 0. The largest absolute Gasteiger partial charge is 0.309 e. The van der Waals surface area contributed by atoms with Crippen LogP contribution in [0.15, 0.2) is 65.1 Å². The third-order valence-corrected chi connectivity index (χ3v) is 5.69. The van der Waals surface area contributed by atoms with Gasteiger partial charge in [0.15, 0.2) is 0 Å². The van der Waals surface area contributed by atoms with Gasteiger partial charge in [0.1, 0.15) is 0 Å². The molecule has 0 aliphatic heterocycles. The third-order valence-electron chi connectivity index (χ3n) is 5.20. The highest BCUT2D eigenvalue weighted by atomic mass is 79.9. The van der Waals surface area contributed by atoms with Crippen LogP contribution in [-0.2, 0) is 0 Å². The average molecular weight is 406 g/mol. The Morgan fingerprint density at radius 3 is 1.96 bits per heavy atom. The van der Waals surface area contributed by atoms with Crippen LogP contribution in [0.3, 0.4) is 0 Å². The number of hydrogen-bond acceptors (Lipinski definition) is 0. The van der Waals surface area contributed by atoms with Crippen molar-refractivity contribution in [2.45, 2.75) is 39.5 Å². The highest BCUT2D eigenvalue weighted by Crippen LogP contribution is 2.39. The van der Waals surface area contributed by atoms with Crippen LogP contribution in [0.1, 0.15) is 50.7 Å². The van der Waals surface area contributed by atoms with Crippen LogP contribution in [0.25, 0.3) is 27.5 Å². The summed E-state index contributed by atoms with van der Waals surface area (Å²) in [6.45, 7) is 9.14. The Morgan fingerprint density at radius 1 is 0.692 bits per heavy atom. The average Bonchev–Trinajstić information content (AvgIpc) is 2.94. The summed E-state index contributed by atoms with van der Waals surface area (Å²) >= 11 is 3.65. The van der Waals surface area contributed by atoms with Gasteiger partial charge in [-0.25, -0.2) is 0 Å². The summed E-state index contributed by atoms with van der Waals surface area (Å²) in [6.07, 6.45) is 0. The minimum Gasteiger partial charge on any atom is -0.309 e. The number of fused-ring (bicyclic) bond motifs is 3. The van der Waals surface area contributed by atoms with Crippen LogP contribution in [0.2, 0.25) is 0 Å².